The molecule has 4 saturated carbocycles. The Morgan fingerprint density at radius 3 is 0.833 bits per heavy atom. The Hall–Kier alpha value is -0.580. The first-order valence-corrected chi connectivity index (χ1v) is 5.10. The van der Waals surface area contributed by atoms with E-state index in [1.165, 1.54) is 23.7 Å². The van der Waals surface area contributed by atoms with Crippen molar-refractivity contribution < 1.29 is 0 Å². The quantitative estimate of drug-likeness (QED) is 0.517. The van der Waals surface area contributed by atoms with E-state index in [4.69, 9.17) is 10.8 Å². The van der Waals surface area contributed by atoms with E-state index in [-0.39, 0.29) is 0 Å². The van der Waals surface area contributed by atoms with Crippen LogP contribution in [-0.4, -0.2) is 0 Å². The zero-order chi connectivity index (χ0) is 8.55. The minimum atomic E-state index is 1.18. The summed E-state index contributed by atoms with van der Waals surface area (Å²) in [4.78, 5) is 0. The Kier molecular flexibility index (Phi) is 2.04. The van der Waals surface area contributed by atoms with Crippen LogP contribution in [0.15, 0.2) is 0 Å². The minimum Gasteiger partial charge on any atom is -0.0475 e. The maximum atomic E-state index is 6.00. The second-order valence-electron chi connectivity index (χ2n) is 4.88. The standard InChI is InChI=1S/C10H16.N2/c1-7-2-9-4-8(1)5-10(3-7)6-9;1-2/h7-10H,1-6H2;. The second kappa shape index (κ2) is 3.05. The van der Waals surface area contributed by atoms with E-state index in [2.05, 4.69) is 0 Å². The van der Waals surface area contributed by atoms with E-state index in [9.17, 15) is 0 Å². The van der Waals surface area contributed by atoms with E-state index < -0.39 is 0 Å². The highest BCUT2D eigenvalue weighted by Crippen LogP contribution is 2.53. The van der Waals surface area contributed by atoms with Gasteiger partial charge in [-0.3, -0.25) is 0 Å². The predicted molar refractivity (Wildman–Crippen MR) is 45.1 cm³/mol. The van der Waals surface area contributed by atoms with Gasteiger partial charge in [-0.2, -0.15) is 0 Å². The van der Waals surface area contributed by atoms with Crippen molar-refractivity contribution in [2.24, 2.45) is 23.7 Å². The van der Waals surface area contributed by atoms with Gasteiger partial charge in [-0.25, -0.2) is 0 Å². The Bertz CT molecular complexity index is 129. The van der Waals surface area contributed by atoms with Crippen molar-refractivity contribution in [1.29, 1.82) is 10.8 Å². The van der Waals surface area contributed by atoms with Gasteiger partial charge in [0.2, 0.25) is 0 Å². The Labute approximate surface area is 73.8 Å². The fourth-order valence-corrected chi connectivity index (χ4v) is 3.98. The van der Waals surface area contributed by atoms with Crippen LogP contribution in [0, 0.1) is 34.5 Å². The first-order valence-electron chi connectivity index (χ1n) is 5.10. The third-order valence-electron chi connectivity index (χ3n) is 4.00. The summed E-state index contributed by atoms with van der Waals surface area (Å²) in [5, 5.41) is 12.0. The van der Waals surface area contributed by atoms with Gasteiger partial charge in [0.05, 0.1) is 0 Å². The molecule has 4 aliphatic rings. The Balaban J connectivity index is 0.000000264. The van der Waals surface area contributed by atoms with Crippen molar-refractivity contribution in [2.75, 3.05) is 0 Å². The van der Waals surface area contributed by atoms with Crippen LogP contribution in [0.5, 0.6) is 0 Å². The van der Waals surface area contributed by atoms with E-state index in [0.717, 1.165) is 0 Å². The van der Waals surface area contributed by atoms with Gasteiger partial charge in [-0.05, 0) is 62.2 Å². The molecule has 66 valence electrons. The van der Waals surface area contributed by atoms with E-state index in [1.54, 1.807) is 38.5 Å². The molecule has 0 amide bonds. The summed E-state index contributed by atoms with van der Waals surface area (Å²) in [5.41, 5.74) is 0. The average molecular weight is 164 g/mol. The normalized spacial score (nSPS) is 48.2. The van der Waals surface area contributed by atoms with Gasteiger partial charge in [0.25, 0.3) is 0 Å². The zero-order valence-electron chi connectivity index (χ0n) is 7.45. The van der Waals surface area contributed by atoms with Gasteiger partial charge in [0.15, 0.2) is 0 Å². The van der Waals surface area contributed by atoms with Crippen molar-refractivity contribution in [3.8, 4) is 0 Å². The first kappa shape index (κ1) is 8.04. The lowest BCUT2D eigenvalue weighted by atomic mass is 9.56. The first-order chi connectivity index (χ1) is 5.90. The lowest BCUT2D eigenvalue weighted by Crippen LogP contribution is -2.38. The molecular formula is C10H16N2. The molecule has 4 fully saturated rings. The molecule has 2 heteroatoms. The molecule has 0 radical (unpaired) electrons. The van der Waals surface area contributed by atoms with Gasteiger partial charge in [0.1, 0.15) is 0 Å². The maximum absolute atomic E-state index is 6.00. The highest BCUT2D eigenvalue weighted by atomic mass is 14.6. The predicted octanol–water partition coefficient (Wildman–Crippen LogP) is 2.86. The van der Waals surface area contributed by atoms with Gasteiger partial charge in [-0.1, -0.05) is 0 Å². The largest absolute Gasteiger partial charge is 0.0475 e. The van der Waals surface area contributed by atoms with Crippen LogP contribution in [0.1, 0.15) is 38.5 Å². The molecule has 0 aliphatic heterocycles. The van der Waals surface area contributed by atoms with Crippen molar-refractivity contribution >= 4 is 0 Å². The molecule has 0 unspecified atom stereocenters. The number of nitrogens with zero attached hydrogens (tertiary/aromatic N) is 2. The molecule has 4 bridgehead atoms. The molecule has 0 heterocycles. The molecule has 4 aliphatic carbocycles. The van der Waals surface area contributed by atoms with Crippen molar-refractivity contribution in [3.63, 3.8) is 0 Å². The van der Waals surface area contributed by atoms with Crippen LogP contribution in [-0.2, 0) is 0 Å². The van der Waals surface area contributed by atoms with Crippen LogP contribution in [0.25, 0.3) is 0 Å². The third-order valence-corrected chi connectivity index (χ3v) is 4.00. The SMILES string of the molecule is C1C2CC3CC1CC(C2)C3.N#N. The van der Waals surface area contributed by atoms with E-state index in [1.807, 2.05) is 0 Å². The summed E-state index contributed by atoms with van der Waals surface area (Å²) in [6.45, 7) is 0. The minimum absolute atomic E-state index is 1.18. The van der Waals surface area contributed by atoms with Crippen LogP contribution in [0.3, 0.4) is 0 Å². The lowest BCUT2D eigenvalue weighted by molar-refractivity contribution is 0.0198. The molecular weight excluding hydrogens is 148 g/mol. The Morgan fingerprint density at radius 2 is 0.667 bits per heavy atom. The third kappa shape index (κ3) is 1.22. The van der Waals surface area contributed by atoms with Crippen molar-refractivity contribution in [3.05, 3.63) is 0 Å². The van der Waals surface area contributed by atoms with Gasteiger partial charge in [-0.15, -0.1) is 0 Å². The lowest BCUT2D eigenvalue weighted by Gasteiger charge is -2.49. The highest BCUT2D eigenvalue weighted by Gasteiger charge is 2.41. The molecule has 0 atom stereocenters. The molecule has 0 N–H and O–H groups in total. The molecule has 0 saturated heterocycles. The monoisotopic (exact) mass is 164 g/mol. The summed E-state index contributed by atoms with van der Waals surface area (Å²) in [6.07, 6.45) is 9.62. The van der Waals surface area contributed by atoms with Gasteiger partial charge in [0, 0.05) is 10.8 Å². The number of hydrogen-bond acceptors (Lipinski definition) is 2. The average Bonchev–Trinajstić information content (AvgIpc) is 2.05. The summed E-state index contributed by atoms with van der Waals surface area (Å²) < 4.78 is 0. The van der Waals surface area contributed by atoms with Crippen molar-refractivity contribution in [2.45, 2.75) is 38.5 Å². The summed E-state index contributed by atoms with van der Waals surface area (Å²) >= 11 is 0. The number of hydrogen-bond donors (Lipinski definition) is 0. The molecule has 0 aromatic carbocycles. The van der Waals surface area contributed by atoms with Crippen LogP contribution >= 0.6 is 0 Å². The zero-order valence-corrected chi connectivity index (χ0v) is 7.45. The number of rotatable bonds is 0. The molecule has 12 heavy (non-hydrogen) atoms. The van der Waals surface area contributed by atoms with Gasteiger partial charge < -0.3 is 0 Å². The van der Waals surface area contributed by atoms with Crippen LogP contribution < -0.4 is 0 Å². The van der Waals surface area contributed by atoms with Crippen LogP contribution in [0.4, 0.5) is 0 Å². The topological polar surface area (TPSA) is 47.6 Å². The molecule has 0 spiro atoms. The summed E-state index contributed by atoms with van der Waals surface area (Å²) in [7, 11) is 0. The van der Waals surface area contributed by atoms with Crippen molar-refractivity contribution in [1.82, 2.24) is 0 Å². The molecule has 0 aromatic heterocycles. The van der Waals surface area contributed by atoms with E-state index >= 15 is 0 Å². The van der Waals surface area contributed by atoms with E-state index in [0.29, 0.717) is 0 Å². The molecule has 2 nitrogen and oxygen atoms in total. The fourth-order valence-electron chi connectivity index (χ4n) is 3.98. The van der Waals surface area contributed by atoms with Crippen LogP contribution in [0.2, 0.25) is 0 Å². The Morgan fingerprint density at radius 1 is 0.500 bits per heavy atom. The maximum Gasteiger partial charge on any atom is 0 e. The summed E-state index contributed by atoms with van der Waals surface area (Å²) in [6, 6.07) is 0. The second-order valence-corrected chi connectivity index (χ2v) is 4.88. The molecule has 0 aromatic rings. The van der Waals surface area contributed by atoms with Gasteiger partial charge >= 0.3 is 0 Å². The summed E-state index contributed by atoms with van der Waals surface area (Å²) in [5.74, 6) is 4.71. The smallest absolute Gasteiger partial charge is 0 e. The fraction of sp³-hybridized carbons (Fsp3) is 1.00. The highest BCUT2D eigenvalue weighted by molar-refractivity contribution is 4.92. The molecule has 4 rings (SSSR count).